The van der Waals surface area contributed by atoms with Crippen LogP contribution in [0.1, 0.15) is 32.0 Å². The lowest BCUT2D eigenvalue weighted by Gasteiger charge is -2.24. The number of hydrogen-bond donors (Lipinski definition) is 4. The molecule has 0 spiro atoms. The predicted octanol–water partition coefficient (Wildman–Crippen LogP) is 2.23. The van der Waals surface area contributed by atoms with Gasteiger partial charge in [-0.15, -0.1) is 0 Å². The normalized spacial score (nSPS) is 13.2. The van der Waals surface area contributed by atoms with Crippen molar-refractivity contribution in [1.29, 1.82) is 0 Å². The van der Waals surface area contributed by atoms with Crippen LogP contribution in [0.5, 0.6) is 0 Å². The summed E-state index contributed by atoms with van der Waals surface area (Å²) in [6.07, 6.45) is 4.45. The van der Waals surface area contributed by atoms with Gasteiger partial charge in [-0.25, -0.2) is 14.6 Å². The fourth-order valence-electron chi connectivity index (χ4n) is 3.40. The van der Waals surface area contributed by atoms with Crippen LogP contribution in [0.15, 0.2) is 43.0 Å². The molecule has 1 aromatic carbocycles. The molecule has 0 fully saturated rings. The van der Waals surface area contributed by atoms with E-state index < -0.39 is 35.7 Å². The zero-order valence-electron chi connectivity index (χ0n) is 19.1. The molecule has 0 aliphatic rings. The molecule has 2 heterocycles. The number of esters is 1. The van der Waals surface area contributed by atoms with Gasteiger partial charge in [0, 0.05) is 41.8 Å². The van der Waals surface area contributed by atoms with Crippen molar-refractivity contribution < 1.29 is 23.9 Å². The average molecular weight is 456 g/mol. The Morgan fingerprint density at radius 2 is 1.82 bits per heavy atom. The third-order valence-electron chi connectivity index (χ3n) is 4.89. The number of aromatic amines is 2. The lowest BCUT2D eigenvalue weighted by Crippen LogP contribution is -2.54. The Bertz CT molecular complexity index is 1100. The summed E-state index contributed by atoms with van der Waals surface area (Å²) >= 11 is 0. The molecule has 0 saturated heterocycles. The molecular weight excluding hydrogens is 426 g/mol. The van der Waals surface area contributed by atoms with Crippen LogP contribution in [-0.4, -0.2) is 57.7 Å². The van der Waals surface area contributed by atoms with Gasteiger partial charge in [-0.3, -0.25) is 4.79 Å². The van der Waals surface area contributed by atoms with Crippen molar-refractivity contribution in [3.63, 3.8) is 0 Å². The molecule has 176 valence electrons. The largest absolute Gasteiger partial charge is 0.467 e. The fourth-order valence-corrected chi connectivity index (χ4v) is 3.40. The van der Waals surface area contributed by atoms with Gasteiger partial charge in [-0.1, -0.05) is 18.2 Å². The number of rotatable bonds is 8. The smallest absolute Gasteiger partial charge is 0.408 e. The fraction of sp³-hybridized carbons (Fsp3) is 0.391. The Kier molecular flexibility index (Phi) is 7.37. The number of hydrogen-bond acceptors (Lipinski definition) is 6. The molecule has 2 atom stereocenters. The Morgan fingerprint density at radius 1 is 1.06 bits per heavy atom. The summed E-state index contributed by atoms with van der Waals surface area (Å²) in [7, 11) is 1.25. The molecule has 4 N–H and O–H groups in total. The summed E-state index contributed by atoms with van der Waals surface area (Å²) in [5, 5.41) is 6.26. The molecule has 0 bridgehead atoms. The highest BCUT2D eigenvalue weighted by atomic mass is 16.6. The van der Waals surface area contributed by atoms with Crippen molar-refractivity contribution in [3.8, 4) is 0 Å². The van der Waals surface area contributed by atoms with Crippen LogP contribution in [0.3, 0.4) is 0 Å². The van der Waals surface area contributed by atoms with Gasteiger partial charge in [0.1, 0.15) is 17.7 Å². The SMILES string of the molecule is COC(=O)[C@H](Cc1cnc[nH]1)NC(=O)[C@H](Cc1c[nH]c2ccccc12)NC(=O)OC(C)(C)C. The molecule has 0 unspecified atom stereocenters. The second-order valence-electron chi connectivity index (χ2n) is 8.63. The first-order valence-electron chi connectivity index (χ1n) is 10.6. The van der Waals surface area contributed by atoms with Gasteiger partial charge >= 0.3 is 12.1 Å². The van der Waals surface area contributed by atoms with Crippen LogP contribution in [-0.2, 0) is 31.9 Å². The predicted molar refractivity (Wildman–Crippen MR) is 121 cm³/mol. The number of carbonyl (C=O) groups is 3. The summed E-state index contributed by atoms with van der Waals surface area (Å²) < 4.78 is 10.2. The van der Waals surface area contributed by atoms with E-state index in [9.17, 15) is 14.4 Å². The quantitative estimate of drug-likeness (QED) is 0.384. The van der Waals surface area contributed by atoms with Gasteiger partial charge in [0.05, 0.1) is 13.4 Å². The Labute approximate surface area is 191 Å². The standard InChI is InChI=1S/C23H29N5O5/c1-23(2,3)33-22(31)28-18(9-14-11-25-17-8-6-5-7-16(14)17)20(29)27-19(21(30)32-4)10-15-12-24-13-26-15/h5-8,11-13,18-19,25H,9-10H2,1-4H3,(H,24,26)(H,27,29)(H,28,31)/t18-,19-/m0/s1. The minimum atomic E-state index is -0.993. The van der Waals surface area contributed by atoms with Gasteiger partial charge in [-0.2, -0.15) is 0 Å². The molecule has 2 amide bonds. The number of aromatic nitrogens is 3. The highest BCUT2D eigenvalue weighted by molar-refractivity contribution is 5.91. The molecule has 33 heavy (non-hydrogen) atoms. The molecule has 0 aliphatic carbocycles. The number of amides is 2. The van der Waals surface area contributed by atoms with Crippen LogP contribution >= 0.6 is 0 Å². The Morgan fingerprint density at radius 3 is 2.48 bits per heavy atom. The molecule has 0 radical (unpaired) electrons. The Balaban J connectivity index is 1.82. The molecule has 3 rings (SSSR count). The number of para-hydroxylation sites is 1. The molecule has 0 aliphatic heterocycles. The van der Waals surface area contributed by atoms with Crippen LogP contribution in [0.4, 0.5) is 4.79 Å². The average Bonchev–Trinajstić information content (AvgIpc) is 3.41. The second kappa shape index (κ2) is 10.2. The third kappa shape index (κ3) is 6.58. The molecule has 3 aromatic rings. The van der Waals surface area contributed by atoms with E-state index in [-0.39, 0.29) is 12.8 Å². The lowest BCUT2D eigenvalue weighted by molar-refractivity contribution is -0.145. The first-order chi connectivity index (χ1) is 15.7. The summed E-state index contributed by atoms with van der Waals surface area (Å²) in [6.45, 7) is 5.21. The third-order valence-corrected chi connectivity index (χ3v) is 4.89. The van der Waals surface area contributed by atoms with E-state index in [1.54, 1.807) is 33.2 Å². The molecule has 2 aromatic heterocycles. The zero-order valence-corrected chi connectivity index (χ0v) is 19.1. The van der Waals surface area contributed by atoms with Gasteiger partial charge < -0.3 is 30.1 Å². The number of carbonyl (C=O) groups excluding carboxylic acids is 3. The molecular formula is C23H29N5O5. The monoisotopic (exact) mass is 455 g/mol. The first-order valence-corrected chi connectivity index (χ1v) is 10.6. The van der Waals surface area contributed by atoms with E-state index >= 15 is 0 Å². The molecule has 10 nitrogen and oxygen atoms in total. The van der Waals surface area contributed by atoms with Crippen molar-refractivity contribution in [2.45, 2.75) is 51.3 Å². The minimum Gasteiger partial charge on any atom is -0.467 e. The van der Waals surface area contributed by atoms with Crippen molar-refractivity contribution in [1.82, 2.24) is 25.6 Å². The maximum Gasteiger partial charge on any atom is 0.408 e. The van der Waals surface area contributed by atoms with Gasteiger partial charge in [0.25, 0.3) is 0 Å². The number of nitrogens with one attached hydrogen (secondary N) is 4. The van der Waals surface area contributed by atoms with Crippen LogP contribution in [0, 0.1) is 0 Å². The summed E-state index contributed by atoms with van der Waals surface area (Å²) in [6, 6.07) is 5.70. The second-order valence-corrected chi connectivity index (χ2v) is 8.63. The first kappa shape index (κ1) is 23.8. The number of fused-ring (bicyclic) bond motifs is 1. The zero-order chi connectivity index (χ0) is 24.0. The van der Waals surface area contributed by atoms with Gasteiger partial charge in [-0.05, 0) is 32.4 Å². The van der Waals surface area contributed by atoms with Crippen molar-refractivity contribution in [2.75, 3.05) is 7.11 Å². The highest BCUT2D eigenvalue weighted by Gasteiger charge is 2.30. The van der Waals surface area contributed by atoms with E-state index in [0.29, 0.717) is 5.69 Å². The summed E-state index contributed by atoms with van der Waals surface area (Å²) in [4.78, 5) is 48.0. The van der Waals surface area contributed by atoms with E-state index in [1.165, 1.54) is 13.4 Å². The van der Waals surface area contributed by atoms with Gasteiger partial charge in [0.2, 0.25) is 5.91 Å². The van der Waals surface area contributed by atoms with Crippen molar-refractivity contribution in [2.24, 2.45) is 0 Å². The lowest BCUT2D eigenvalue weighted by atomic mass is 10.0. The van der Waals surface area contributed by atoms with Crippen LogP contribution in [0.2, 0.25) is 0 Å². The highest BCUT2D eigenvalue weighted by Crippen LogP contribution is 2.19. The van der Waals surface area contributed by atoms with Crippen LogP contribution < -0.4 is 10.6 Å². The van der Waals surface area contributed by atoms with E-state index in [0.717, 1.165) is 16.5 Å². The molecule has 10 heteroatoms. The Hall–Kier alpha value is -3.82. The van der Waals surface area contributed by atoms with Gasteiger partial charge in [0.15, 0.2) is 0 Å². The number of nitrogens with zero attached hydrogens (tertiary/aromatic N) is 1. The number of methoxy groups -OCH3 is 1. The topological polar surface area (TPSA) is 138 Å². The minimum absolute atomic E-state index is 0.157. The number of H-pyrrole nitrogens is 2. The van der Waals surface area contributed by atoms with E-state index in [2.05, 4.69) is 25.6 Å². The van der Waals surface area contributed by atoms with E-state index in [4.69, 9.17) is 9.47 Å². The van der Waals surface area contributed by atoms with Crippen molar-refractivity contribution in [3.05, 3.63) is 54.2 Å². The van der Waals surface area contributed by atoms with Crippen LogP contribution in [0.25, 0.3) is 10.9 Å². The van der Waals surface area contributed by atoms with E-state index in [1.807, 2.05) is 24.3 Å². The summed E-state index contributed by atoms with van der Waals surface area (Å²) in [5.41, 5.74) is 1.67. The number of imidazole rings is 1. The number of benzene rings is 1. The summed E-state index contributed by atoms with van der Waals surface area (Å²) in [5.74, 6) is -1.15. The van der Waals surface area contributed by atoms with Crippen molar-refractivity contribution >= 4 is 28.9 Å². The number of ether oxygens (including phenoxy) is 2. The maximum atomic E-state index is 13.2. The number of alkyl carbamates (subject to hydrolysis) is 1. The molecule has 0 saturated carbocycles. The maximum absolute atomic E-state index is 13.2.